The molecule has 0 radical (unpaired) electrons. The number of carboxylic acids is 1. The lowest BCUT2D eigenvalue weighted by Gasteiger charge is -2.30. The second-order valence-electron chi connectivity index (χ2n) is 7.85. The number of nitrogens with one attached hydrogen (secondary N) is 2. The van der Waals surface area contributed by atoms with Crippen molar-refractivity contribution in [3.8, 4) is 0 Å². The van der Waals surface area contributed by atoms with E-state index in [1.807, 2.05) is 27.7 Å². The van der Waals surface area contributed by atoms with Gasteiger partial charge in [-0.3, -0.25) is 14.4 Å². The second kappa shape index (κ2) is 11.0. The molecule has 1 heterocycles. The number of hydrogen-bond acceptors (Lipinski definition) is 5. The van der Waals surface area contributed by atoms with Crippen molar-refractivity contribution in [3.63, 3.8) is 0 Å². The summed E-state index contributed by atoms with van der Waals surface area (Å²) in [6.45, 7) is 7.71. The Morgan fingerprint density at radius 2 is 1.82 bits per heavy atom. The summed E-state index contributed by atoms with van der Waals surface area (Å²) in [5.74, 6) is -2.36. The molecule has 4 atom stereocenters. The van der Waals surface area contributed by atoms with Crippen molar-refractivity contribution in [2.75, 3.05) is 13.1 Å². The fourth-order valence-electron chi connectivity index (χ4n) is 3.38. The molecule has 1 fully saturated rings. The number of hydrogen-bond donors (Lipinski definition) is 4. The molecular weight excluding hydrogens is 364 g/mol. The van der Waals surface area contributed by atoms with Crippen LogP contribution in [0.25, 0.3) is 0 Å². The molecule has 9 heteroatoms. The van der Waals surface area contributed by atoms with E-state index in [2.05, 4.69) is 10.6 Å². The van der Waals surface area contributed by atoms with Crippen LogP contribution >= 0.6 is 0 Å². The maximum absolute atomic E-state index is 13.0. The maximum Gasteiger partial charge on any atom is 0.326 e. The number of aliphatic carboxylic acids is 1. The van der Waals surface area contributed by atoms with Gasteiger partial charge in [-0.05, 0) is 31.1 Å². The van der Waals surface area contributed by atoms with Crippen molar-refractivity contribution in [2.45, 2.75) is 71.5 Å². The highest BCUT2D eigenvalue weighted by atomic mass is 16.4. The Balaban J connectivity index is 2.99. The summed E-state index contributed by atoms with van der Waals surface area (Å²) in [6.07, 6.45) is 2.06. The molecule has 0 aliphatic carbocycles. The first kappa shape index (κ1) is 23.9. The average molecular weight is 399 g/mol. The largest absolute Gasteiger partial charge is 0.480 e. The molecule has 3 amide bonds. The van der Waals surface area contributed by atoms with Gasteiger partial charge in [-0.2, -0.15) is 0 Å². The van der Waals surface area contributed by atoms with Crippen molar-refractivity contribution in [2.24, 2.45) is 17.6 Å². The van der Waals surface area contributed by atoms with E-state index in [1.165, 1.54) is 4.90 Å². The van der Waals surface area contributed by atoms with Crippen molar-refractivity contribution in [1.82, 2.24) is 15.5 Å². The summed E-state index contributed by atoms with van der Waals surface area (Å²) in [5, 5.41) is 14.7. The fourth-order valence-corrected chi connectivity index (χ4v) is 3.38. The van der Waals surface area contributed by atoms with Gasteiger partial charge in [0.25, 0.3) is 0 Å². The molecule has 9 nitrogen and oxygen atoms in total. The molecule has 1 rings (SSSR count). The van der Waals surface area contributed by atoms with Crippen LogP contribution in [-0.4, -0.2) is 64.9 Å². The molecule has 0 aromatic carbocycles. The molecule has 5 N–H and O–H groups in total. The summed E-state index contributed by atoms with van der Waals surface area (Å²) in [6, 6.07) is -2.51. The van der Waals surface area contributed by atoms with E-state index >= 15 is 0 Å². The summed E-state index contributed by atoms with van der Waals surface area (Å²) in [7, 11) is 0. The second-order valence-corrected chi connectivity index (χ2v) is 7.85. The third-order valence-corrected chi connectivity index (χ3v) is 5.14. The molecule has 0 spiro atoms. The molecule has 1 saturated heterocycles. The first-order valence-corrected chi connectivity index (χ1v) is 9.95. The van der Waals surface area contributed by atoms with Gasteiger partial charge < -0.3 is 26.4 Å². The van der Waals surface area contributed by atoms with Gasteiger partial charge in [0.05, 0.1) is 6.54 Å². The van der Waals surface area contributed by atoms with E-state index in [0.29, 0.717) is 32.2 Å². The van der Waals surface area contributed by atoms with Crippen molar-refractivity contribution in [3.05, 3.63) is 0 Å². The highest BCUT2D eigenvalue weighted by molar-refractivity contribution is 5.94. The van der Waals surface area contributed by atoms with Crippen LogP contribution in [0.4, 0.5) is 0 Å². The first-order chi connectivity index (χ1) is 13.1. The van der Waals surface area contributed by atoms with Gasteiger partial charge >= 0.3 is 5.97 Å². The SMILES string of the molecule is CCC(C)C(NC(=O)CN)C(=O)NC(CC(C)C)C(=O)N1CCCC1C(=O)O. The molecule has 1 aliphatic rings. The maximum atomic E-state index is 13.0. The lowest BCUT2D eigenvalue weighted by molar-refractivity contribution is -0.149. The molecule has 160 valence electrons. The van der Waals surface area contributed by atoms with Gasteiger partial charge in [0.15, 0.2) is 0 Å². The Bertz CT molecular complexity index is 581. The van der Waals surface area contributed by atoms with Gasteiger partial charge in [0.1, 0.15) is 18.1 Å². The van der Waals surface area contributed by atoms with E-state index in [-0.39, 0.29) is 24.3 Å². The summed E-state index contributed by atoms with van der Waals surface area (Å²) < 4.78 is 0. The number of likely N-dealkylation sites (tertiary alicyclic amines) is 1. The van der Waals surface area contributed by atoms with Gasteiger partial charge in [-0.25, -0.2) is 4.79 Å². The van der Waals surface area contributed by atoms with Crippen molar-refractivity contribution >= 4 is 23.7 Å². The van der Waals surface area contributed by atoms with Crippen LogP contribution in [0.2, 0.25) is 0 Å². The standard InChI is InChI=1S/C19H34N4O5/c1-5-12(4)16(22-15(24)10-20)17(25)21-13(9-11(2)3)18(26)23-8-6-7-14(23)19(27)28/h11-14,16H,5-10,20H2,1-4H3,(H,21,25)(H,22,24)(H,27,28). The van der Waals surface area contributed by atoms with E-state index in [4.69, 9.17) is 5.73 Å². The zero-order valence-electron chi connectivity index (χ0n) is 17.2. The van der Waals surface area contributed by atoms with Crippen LogP contribution in [0.5, 0.6) is 0 Å². The lowest BCUT2D eigenvalue weighted by Crippen LogP contribution is -2.57. The normalized spacial score (nSPS) is 19.8. The minimum Gasteiger partial charge on any atom is -0.480 e. The highest BCUT2D eigenvalue weighted by Crippen LogP contribution is 2.20. The molecule has 0 bridgehead atoms. The van der Waals surface area contributed by atoms with Crippen molar-refractivity contribution < 1.29 is 24.3 Å². The molecule has 1 aliphatic heterocycles. The molecule has 0 aromatic heterocycles. The molecule has 4 unspecified atom stereocenters. The Morgan fingerprint density at radius 3 is 2.32 bits per heavy atom. The smallest absolute Gasteiger partial charge is 0.326 e. The minimum atomic E-state index is -1.03. The van der Waals surface area contributed by atoms with E-state index in [0.717, 1.165) is 0 Å². The third kappa shape index (κ3) is 6.47. The number of carbonyl (C=O) groups is 4. The van der Waals surface area contributed by atoms with Gasteiger partial charge in [0.2, 0.25) is 17.7 Å². The minimum absolute atomic E-state index is 0.112. The zero-order valence-corrected chi connectivity index (χ0v) is 17.2. The molecule has 0 aromatic rings. The van der Waals surface area contributed by atoms with E-state index in [9.17, 15) is 24.3 Å². The summed E-state index contributed by atoms with van der Waals surface area (Å²) >= 11 is 0. The number of nitrogens with zero attached hydrogens (tertiary/aromatic N) is 1. The van der Waals surface area contributed by atoms with Gasteiger partial charge in [0, 0.05) is 6.54 Å². The summed E-state index contributed by atoms with van der Waals surface area (Å²) in [4.78, 5) is 50.4. The highest BCUT2D eigenvalue weighted by Gasteiger charge is 2.38. The number of carboxylic acid groups (broad SMARTS) is 1. The van der Waals surface area contributed by atoms with Gasteiger partial charge in [-0.15, -0.1) is 0 Å². The number of amides is 3. The topological polar surface area (TPSA) is 142 Å². The van der Waals surface area contributed by atoms with E-state index < -0.39 is 35.9 Å². The fraction of sp³-hybridized carbons (Fsp3) is 0.789. The van der Waals surface area contributed by atoms with Crippen LogP contribution in [-0.2, 0) is 19.2 Å². The van der Waals surface area contributed by atoms with E-state index in [1.54, 1.807) is 0 Å². The third-order valence-electron chi connectivity index (χ3n) is 5.14. The number of nitrogens with two attached hydrogens (primary N) is 1. The first-order valence-electron chi connectivity index (χ1n) is 9.95. The Labute approximate surface area is 166 Å². The average Bonchev–Trinajstić information content (AvgIpc) is 3.13. The van der Waals surface area contributed by atoms with Crippen molar-refractivity contribution in [1.29, 1.82) is 0 Å². The van der Waals surface area contributed by atoms with Crippen LogP contribution < -0.4 is 16.4 Å². The number of carbonyl (C=O) groups excluding carboxylic acids is 3. The lowest BCUT2D eigenvalue weighted by atomic mass is 9.96. The Hall–Kier alpha value is -2.16. The van der Waals surface area contributed by atoms with Crippen LogP contribution in [0, 0.1) is 11.8 Å². The molecule has 28 heavy (non-hydrogen) atoms. The molecular formula is C19H34N4O5. The van der Waals surface area contributed by atoms with Crippen LogP contribution in [0.3, 0.4) is 0 Å². The zero-order chi connectivity index (χ0) is 21.4. The number of rotatable bonds is 10. The van der Waals surface area contributed by atoms with Crippen LogP contribution in [0.15, 0.2) is 0 Å². The molecule has 0 saturated carbocycles. The quantitative estimate of drug-likeness (QED) is 0.411. The summed E-state index contributed by atoms with van der Waals surface area (Å²) in [5.41, 5.74) is 5.34. The Kier molecular flexibility index (Phi) is 9.37. The predicted molar refractivity (Wildman–Crippen MR) is 104 cm³/mol. The monoisotopic (exact) mass is 398 g/mol. The Morgan fingerprint density at radius 1 is 1.18 bits per heavy atom. The van der Waals surface area contributed by atoms with Gasteiger partial charge in [-0.1, -0.05) is 34.1 Å². The van der Waals surface area contributed by atoms with Crippen LogP contribution in [0.1, 0.15) is 53.4 Å². The predicted octanol–water partition coefficient (Wildman–Crippen LogP) is 0.0825.